The zero-order valence-corrected chi connectivity index (χ0v) is 9.45. The maximum absolute atomic E-state index is 13.3. The summed E-state index contributed by atoms with van der Waals surface area (Å²) in [5.74, 6) is 0. The van der Waals surface area contributed by atoms with Crippen LogP contribution in [0.4, 0.5) is 4.39 Å². The molecule has 4 heteroatoms. The molecule has 14 heavy (non-hydrogen) atoms. The molecule has 0 fully saturated rings. The smallest absolute Gasteiger partial charge is 0.181 e. The van der Waals surface area contributed by atoms with E-state index in [1.807, 2.05) is 6.07 Å². The third-order valence-corrected chi connectivity index (χ3v) is 3.57. The number of thiophene rings is 1. The lowest BCUT2D eigenvalue weighted by molar-refractivity contribution is 0.649. The Labute approximate surface area is 92.9 Å². The van der Waals surface area contributed by atoms with Gasteiger partial charge in [-0.3, -0.25) is 0 Å². The van der Waals surface area contributed by atoms with Crippen LogP contribution >= 0.6 is 27.3 Å². The summed E-state index contributed by atoms with van der Waals surface area (Å²) >= 11 is 4.36. The zero-order valence-electron chi connectivity index (χ0n) is 7.05. The Balaban J connectivity index is 2.79. The lowest BCUT2D eigenvalue weighted by Gasteiger charge is -1.93. The predicted molar refractivity (Wildman–Crippen MR) is 59.1 cm³/mol. The molecule has 0 saturated carbocycles. The van der Waals surface area contributed by atoms with E-state index in [1.54, 1.807) is 18.2 Å². The summed E-state index contributed by atoms with van der Waals surface area (Å²) in [6.45, 7) is 0. The van der Waals surface area contributed by atoms with Crippen molar-refractivity contribution in [3.8, 4) is 6.07 Å². The van der Waals surface area contributed by atoms with E-state index in [2.05, 4.69) is 15.9 Å². The van der Waals surface area contributed by atoms with Gasteiger partial charge < -0.3 is 0 Å². The van der Waals surface area contributed by atoms with Crippen LogP contribution in [0, 0.1) is 16.5 Å². The average Bonchev–Trinajstić information content (AvgIpc) is 2.52. The third kappa shape index (κ3) is 1.43. The van der Waals surface area contributed by atoms with E-state index in [0.717, 1.165) is 21.4 Å². The highest BCUT2D eigenvalue weighted by atomic mass is 79.9. The first kappa shape index (κ1) is 9.63. The van der Waals surface area contributed by atoms with Gasteiger partial charge in [0.05, 0.1) is 11.6 Å². The van der Waals surface area contributed by atoms with Crippen molar-refractivity contribution in [1.82, 2.24) is 0 Å². The summed E-state index contributed by atoms with van der Waals surface area (Å²) in [6.07, 6.45) is 0. The standard InChI is InChI=1S/C10H5BrFNS/c11-4-8-7-3-6(5-13)1-2-9(7)14-10(8)12/h1-3H,4H2. The Hall–Kier alpha value is -0.920. The number of nitrogens with zero attached hydrogens (tertiary/aromatic N) is 1. The van der Waals surface area contributed by atoms with Gasteiger partial charge in [0, 0.05) is 21.0 Å². The monoisotopic (exact) mass is 269 g/mol. The average molecular weight is 270 g/mol. The molecule has 1 heterocycles. The molecule has 1 aromatic heterocycles. The van der Waals surface area contributed by atoms with Crippen molar-refractivity contribution in [3.63, 3.8) is 0 Å². The van der Waals surface area contributed by atoms with Gasteiger partial charge in [0.25, 0.3) is 0 Å². The minimum Gasteiger partial charge on any atom is -0.195 e. The van der Waals surface area contributed by atoms with Gasteiger partial charge >= 0.3 is 0 Å². The summed E-state index contributed by atoms with van der Waals surface area (Å²) in [6, 6.07) is 7.26. The molecule has 0 aliphatic carbocycles. The number of hydrogen-bond donors (Lipinski definition) is 0. The van der Waals surface area contributed by atoms with Crippen LogP contribution in [-0.2, 0) is 5.33 Å². The summed E-state index contributed by atoms with van der Waals surface area (Å²) in [4.78, 5) is 0. The van der Waals surface area contributed by atoms with Crippen LogP contribution in [0.5, 0.6) is 0 Å². The zero-order chi connectivity index (χ0) is 10.1. The molecule has 2 rings (SSSR count). The molecule has 0 aliphatic rings. The number of halogens is 2. The van der Waals surface area contributed by atoms with Crippen LogP contribution < -0.4 is 0 Å². The van der Waals surface area contributed by atoms with Gasteiger partial charge in [0.15, 0.2) is 5.13 Å². The molecule has 0 N–H and O–H groups in total. The van der Waals surface area contributed by atoms with Gasteiger partial charge in [-0.15, -0.1) is 11.3 Å². The fourth-order valence-corrected chi connectivity index (χ4v) is 2.97. The highest BCUT2D eigenvalue weighted by Gasteiger charge is 2.10. The fraction of sp³-hybridized carbons (Fsp3) is 0.100. The number of rotatable bonds is 1. The van der Waals surface area contributed by atoms with Crippen molar-refractivity contribution in [1.29, 1.82) is 5.26 Å². The van der Waals surface area contributed by atoms with Crippen molar-refractivity contribution in [2.75, 3.05) is 0 Å². The highest BCUT2D eigenvalue weighted by molar-refractivity contribution is 9.08. The first-order valence-electron chi connectivity index (χ1n) is 3.93. The van der Waals surface area contributed by atoms with E-state index in [1.165, 1.54) is 0 Å². The third-order valence-electron chi connectivity index (χ3n) is 2.00. The van der Waals surface area contributed by atoms with Gasteiger partial charge in [0.1, 0.15) is 0 Å². The Bertz CT molecular complexity index is 527. The van der Waals surface area contributed by atoms with Crippen LogP contribution in [0.3, 0.4) is 0 Å². The first-order valence-corrected chi connectivity index (χ1v) is 5.87. The first-order chi connectivity index (χ1) is 6.76. The van der Waals surface area contributed by atoms with Crippen LogP contribution in [0.25, 0.3) is 10.1 Å². The van der Waals surface area contributed by atoms with Crippen LogP contribution in [-0.4, -0.2) is 0 Å². The second-order valence-electron chi connectivity index (χ2n) is 2.81. The normalized spacial score (nSPS) is 10.4. The second-order valence-corrected chi connectivity index (χ2v) is 4.37. The number of nitriles is 1. The van der Waals surface area contributed by atoms with E-state index >= 15 is 0 Å². The quantitative estimate of drug-likeness (QED) is 0.723. The Morgan fingerprint density at radius 1 is 1.50 bits per heavy atom. The Morgan fingerprint density at radius 2 is 2.29 bits per heavy atom. The van der Waals surface area contributed by atoms with E-state index in [-0.39, 0.29) is 5.13 Å². The lowest BCUT2D eigenvalue weighted by atomic mass is 10.1. The summed E-state index contributed by atoms with van der Waals surface area (Å²) < 4.78 is 14.2. The molecule has 0 unspecified atom stereocenters. The Kier molecular flexibility index (Phi) is 2.53. The Morgan fingerprint density at radius 3 is 2.93 bits per heavy atom. The minimum absolute atomic E-state index is 0.174. The van der Waals surface area contributed by atoms with Gasteiger partial charge in [-0.2, -0.15) is 9.65 Å². The highest BCUT2D eigenvalue weighted by Crippen LogP contribution is 2.31. The molecule has 0 saturated heterocycles. The van der Waals surface area contributed by atoms with Crippen molar-refractivity contribution in [2.45, 2.75) is 5.33 Å². The molecule has 2 aromatic rings. The van der Waals surface area contributed by atoms with E-state index in [0.29, 0.717) is 16.5 Å². The van der Waals surface area contributed by atoms with E-state index in [4.69, 9.17) is 5.26 Å². The molecule has 0 bridgehead atoms. The van der Waals surface area contributed by atoms with Crippen molar-refractivity contribution >= 4 is 37.4 Å². The minimum atomic E-state index is -0.174. The molecule has 0 aliphatic heterocycles. The number of hydrogen-bond acceptors (Lipinski definition) is 2. The molecular formula is C10H5BrFNS. The molecule has 0 amide bonds. The maximum Gasteiger partial charge on any atom is 0.181 e. The molecule has 70 valence electrons. The van der Waals surface area contributed by atoms with Crippen molar-refractivity contribution < 1.29 is 4.39 Å². The van der Waals surface area contributed by atoms with Gasteiger partial charge in [-0.05, 0) is 18.2 Å². The van der Waals surface area contributed by atoms with Gasteiger partial charge in [-0.25, -0.2) is 0 Å². The number of fused-ring (bicyclic) bond motifs is 1. The van der Waals surface area contributed by atoms with E-state index in [9.17, 15) is 4.39 Å². The van der Waals surface area contributed by atoms with Gasteiger partial charge in [-0.1, -0.05) is 15.9 Å². The van der Waals surface area contributed by atoms with Crippen molar-refractivity contribution in [3.05, 3.63) is 34.5 Å². The van der Waals surface area contributed by atoms with Gasteiger partial charge in [0.2, 0.25) is 0 Å². The van der Waals surface area contributed by atoms with E-state index < -0.39 is 0 Å². The number of alkyl halides is 1. The maximum atomic E-state index is 13.3. The fourth-order valence-electron chi connectivity index (χ4n) is 1.31. The lowest BCUT2D eigenvalue weighted by Crippen LogP contribution is -1.79. The summed E-state index contributed by atoms with van der Waals surface area (Å²) in [7, 11) is 0. The second kappa shape index (κ2) is 3.68. The molecule has 0 spiro atoms. The SMILES string of the molecule is N#Cc1ccc2sc(F)c(CBr)c2c1. The summed E-state index contributed by atoms with van der Waals surface area (Å²) in [5, 5.41) is 9.86. The molecule has 1 nitrogen and oxygen atoms in total. The largest absolute Gasteiger partial charge is 0.195 e. The van der Waals surface area contributed by atoms with Crippen LogP contribution in [0.1, 0.15) is 11.1 Å². The predicted octanol–water partition coefficient (Wildman–Crippen LogP) is 3.81. The molecular weight excluding hydrogens is 265 g/mol. The molecule has 0 radical (unpaired) electrons. The number of benzene rings is 1. The molecule has 1 aromatic carbocycles. The van der Waals surface area contributed by atoms with Crippen LogP contribution in [0.2, 0.25) is 0 Å². The summed E-state index contributed by atoms with van der Waals surface area (Å²) in [5.41, 5.74) is 1.21. The topological polar surface area (TPSA) is 23.8 Å². The van der Waals surface area contributed by atoms with Crippen molar-refractivity contribution in [2.24, 2.45) is 0 Å². The van der Waals surface area contributed by atoms with Crippen LogP contribution in [0.15, 0.2) is 18.2 Å². The molecule has 0 atom stereocenters.